The van der Waals surface area contributed by atoms with E-state index in [0.29, 0.717) is 39.8 Å². The molecule has 0 heterocycles. The summed E-state index contributed by atoms with van der Waals surface area (Å²) in [7, 11) is 1.58. The second kappa shape index (κ2) is 10.8. The van der Waals surface area contributed by atoms with E-state index >= 15 is 0 Å². The topological polar surface area (TPSA) is 56.5 Å². The molecule has 2 aromatic carbocycles. The number of halogens is 2. The summed E-state index contributed by atoms with van der Waals surface area (Å²) >= 11 is 17.2. The molecule has 0 saturated heterocycles. The van der Waals surface area contributed by atoms with Crippen molar-refractivity contribution < 1.29 is 14.6 Å². The molecule has 0 saturated carbocycles. The third-order valence-corrected chi connectivity index (χ3v) is 4.25. The largest absolute Gasteiger partial charge is 0.493 e. The maximum absolute atomic E-state index is 6.17. The number of nitrogens with one attached hydrogen (secondary N) is 3. The van der Waals surface area contributed by atoms with Crippen LogP contribution in [0.15, 0.2) is 49.1 Å². The zero-order chi connectivity index (χ0) is 19.6. The summed E-state index contributed by atoms with van der Waals surface area (Å²) in [5, 5.41) is 7.47. The van der Waals surface area contributed by atoms with E-state index in [1.165, 1.54) is 0 Å². The monoisotopic (exact) mass is 424 g/mol. The van der Waals surface area contributed by atoms with Gasteiger partial charge in [0, 0.05) is 27.7 Å². The van der Waals surface area contributed by atoms with Gasteiger partial charge in [-0.05, 0) is 42.5 Å². The standard InChI is InChI=1S/C19H19Cl2N3O2S/c1-3-8-22-19(27)24-23-11-13-4-7-17(18(9-13)25-2)26-12-14-5-6-15(20)10-16(14)21/h3-7,9-11H,1,8,12H2,2H3,(H2,22,24,27)/p+1. The summed E-state index contributed by atoms with van der Waals surface area (Å²) in [6, 6.07) is 10.8. The number of benzene rings is 2. The number of ether oxygens (including phenoxy) is 2. The van der Waals surface area contributed by atoms with Gasteiger partial charge in [0.2, 0.25) is 5.11 Å². The van der Waals surface area contributed by atoms with Gasteiger partial charge in [-0.2, -0.15) is 0 Å². The predicted molar refractivity (Wildman–Crippen MR) is 114 cm³/mol. The summed E-state index contributed by atoms with van der Waals surface area (Å²) in [5.74, 6) is 1.21. The van der Waals surface area contributed by atoms with Gasteiger partial charge in [-0.1, -0.05) is 35.3 Å². The van der Waals surface area contributed by atoms with Crippen molar-refractivity contribution in [2.75, 3.05) is 13.7 Å². The highest BCUT2D eigenvalue weighted by atomic mass is 35.5. The Kier molecular flexibility index (Phi) is 8.39. The quantitative estimate of drug-likeness (QED) is 0.263. The van der Waals surface area contributed by atoms with Crippen LogP contribution >= 0.6 is 35.4 Å². The second-order valence-electron chi connectivity index (χ2n) is 5.35. The summed E-state index contributed by atoms with van der Waals surface area (Å²) in [6.07, 6.45) is 3.47. The van der Waals surface area contributed by atoms with Crippen LogP contribution < -0.4 is 25.3 Å². The Morgan fingerprint density at radius 2 is 2.04 bits per heavy atom. The van der Waals surface area contributed by atoms with Crippen molar-refractivity contribution in [1.29, 1.82) is 0 Å². The number of hydrazone groups is 1. The molecule has 0 unspecified atom stereocenters. The highest BCUT2D eigenvalue weighted by Crippen LogP contribution is 2.29. The van der Waals surface area contributed by atoms with Crippen LogP contribution in [-0.2, 0) is 6.61 Å². The van der Waals surface area contributed by atoms with E-state index in [-0.39, 0.29) is 0 Å². The third kappa shape index (κ3) is 6.75. The second-order valence-corrected chi connectivity index (χ2v) is 6.60. The van der Waals surface area contributed by atoms with Gasteiger partial charge in [0.15, 0.2) is 17.7 Å². The minimum Gasteiger partial charge on any atom is -0.493 e. The predicted octanol–water partition coefficient (Wildman–Crippen LogP) is 2.65. The lowest BCUT2D eigenvalue weighted by Crippen LogP contribution is -2.82. The lowest BCUT2D eigenvalue weighted by atomic mass is 10.2. The Labute approximate surface area is 174 Å². The number of hydrogen-bond donors (Lipinski definition) is 3. The van der Waals surface area contributed by atoms with Gasteiger partial charge in [-0.25, -0.2) is 0 Å². The van der Waals surface area contributed by atoms with E-state index in [0.717, 1.165) is 11.1 Å². The van der Waals surface area contributed by atoms with Crippen LogP contribution in [0.4, 0.5) is 0 Å². The van der Waals surface area contributed by atoms with Gasteiger partial charge in [0.1, 0.15) is 6.61 Å². The number of hydrogen-bond acceptors (Lipinski definition) is 3. The molecule has 0 aliphatic heterocycles. The number of thiocarbonyl (C=S) groups is 1. The van der Waals surface area contributed by atoms with Crippen molar-refractivity contribution in [3.8, 4) is 11.5 Å². The zero-order valence-corrected chi connectivity index (χ0v) is 17.0. The molecule has 0 fully saturated rings. The maximum Gasteiger partial charge on any atom is 0.224 e. The highest BCUT2D eigenvalue weighted by molar-refractivity contribution is 7.80. The highest BCUT2D eigenvalue weighted by Gasteiger charge is 2.08. The van der Waals surface area contributed by atoms with E-state index in [1.54, 1.807) is 31.5 Å². The van der Waals surface area contributed by atoms with Gasteiger partial charge in [-0.3, -0.25) is 0 Å². The molecule has 0 amide bonds. The molecule has 0 radical (unpaired) electrons. The van der Waals surface area contributed by atoms with E-state index in [9.17, 15) is 0 Å². The van der Waals surface area contributed by atoms with Crippen molar-refractivity contribution in [2.45, 2.75) is 6.61 Å². The summed E-state index contributed by atoms with van der Waals surface area (Å²) < 4.78 is 11.2. The Hall–Kier alpha value is -2.28. The fourth-order valence-electron chi connectivity index (χ4n) is 2.08. The number of rotatable bonds is 8. The Balaban J connectivity index is 2.00. The fraction of sp³-hybridized carbons (Fsp3) is 0.158. The van der Waals surface area contributed by atoms with Crippen molar-refractivity contribution in [2.24, 2.45) is 0 Å². The molecule has 0 aliphatic rings. The molecule has 5 nitrogen and oxygen atoms in total. The molecule has 0 aliphatic carbocycles. The lowest BCUT2D eigenvalue weighted by Gasteiger charge is -2.12. The van der Waals surface area contributed by atoms with Gasteiger partial charge in [0.05, 0.1) is 7.11 Å². The third-order valence-electron chi connectivity index (χ3n) is 3.42. The molecule has 0 bridgehead atoms. The molecule has 2 aromatic rings. The van der Waals surface area contributed by atoms with Gasteiger partial charge >= 0.3 is 0 Å². The smallest absolute Gasteiger partial charge is 0.224 e. The normalized spacial score (nSPS) is 10.5. The first-order valence-electron chi connectivity index (χ1n) is 8.01. The lowest BCUT2D eigenvalue weighted by molar-refractivity contribution is -0.500. The number of methoxy groups -OCH3 is 1. The van der Waals surface area contributed by atoms with Crippen LogP contribution in [0.2, 0.25) is 10.0 Å². The molecule has 0 aromatic heterocycles. The molecule has 3 N–H and O–H groups in total. The van der Waals surface area contributed by atoms with Crippen LogP contribution in [0.25, 0.3) is 0 Å². The first-order chi connectivity index (χ1) is 13.0. The Bertz CT molecular complexity index is 844. The van der Waals surface area contributed by atoms with Crippen molar-refractivity contribution in [3.05, 3.63) is 70.2 Å². The average molecular weight is 425 g/mol. The SMILES string of the molecule is C=CCNC(=S)N[NH+]=Cc1ccc(OCc2ccc(Cl)cc2Cl)c(OC)c1. The molecule has 2 rings (SSSR count). The van der Waals surface area contributed by atoms with E-state index in [2.05, 4.69) is 22.4 Å². The van der Waals surface area contributed by atoms with Gasteiger partial charge in [-0.15, -0.1) is 17.1 Å². The van der Waals surface area contributed by atoms with Crippen LogP contribution in [-0.4, -0.2) is 25.0 Å². The molecule has 8 heteroatoms. The van der Waals surface area contributed by atoms with Crippen molar-refractivity contribution >= 4 is 46.7 Å². The van der Waals surface area contributed by atoms with E-state index in [1.807, 2.05) is 24.3 Å². The summed E-state index contributed by atoms with van der Waals surface area (Å²) in [4.78, 5) is 0. The van der Waals surface area contributed by atoms with Gasteiger partial charge < -0.3 is 14.8 Å². The minimum atomic E-state index is 0.304. The van der Waals surface area contributed by atoms with Crippen molar-refractivity contribution in [3.63, 3.8) is 0 Å². The minimum absolute atomic E-state index is 0.304. The molecule has 142 valence electrons. The van der Waals surface area contributed by atoms with Crippen LogP contribution in [0, 0.1) is 0 Å². The van der Waals surface area contributed by atoms with E-state index < -0.39 is 0 Å². The molecular formula is C19H20Cl2N3O2S+. The first-order valence-corrected chi connectivity index (χ1v) is 9.18. The Morgan fingerprint density at radius 3 is 2.74 bits per heavy atom. The molecule has 0 spiro atoms. The number of hydrazine groups is 1. The molecule has 0 atom stereocenters. The van der Waals surface area contributed by atoms with Crippen LogP contribution in [0.3, 0.4) is 0 Å². The van der Waals surface area contributed by atoms with Crippen LogP contribution in [0.5, 0.6) is 11.5 Å². The van der Waals surface area contributed by atoms with Crippen LogP contribution in [0.1, 0.15) is 11.1 Å². The molecule has 27 heavy (non-hydrogen) atoms. The molecular weight excluding hydrogens is 405 g/mol. The summed E-state index contributed by atoms with van der Waals surface area (Å²) in [6.45, 7) is 4.51. The zero-order valence-electron chi connectivity index (χ0n) is 14.7. The van der Waals surface area contributed by atoms with Crippen molar-refractivity contribution in [1.82, 2.24) is 10.7 Å². The fourth-order valence-corrected chi connectivity index (χ4v) is 2.69. The van der Waals surface area contributed by atoms with E-state index in [4.69, 9.17) is 44.9 Å². The average Bonchev–Trinajstić information content (AvgIpc) is 2.66. The van der Waals surface area contributed by atoms with Gasteiger partial charge in [0.25, 0.3) is 0 Å². The first kappa shape index (κ1) is 21.0. The Morgan fingerprint density at radius 1 is 1.22 bits per heavy atom. The maximum atomic E-state index is 6.17. The summed E-state index contributed by atoms with van der Waals surface area (Å²) in [5.41, 5.74) is 4.56.